The summed E-state index contributed by atoms with van der Waals surface area (Å²) >= 11 is 1.72. The largest absolute Gasteiger partial charge is 0.484 e. The van der Waals surface area contributed by atoms with E-state index in [1.54, 1.807) is 11.8 Å². The summed E-state index contributed by atoms with van der Waals surface area (Å²) in [5.74, 6) is 0.855. The van der Waals surface area contributed by atoms with E-state index in [-0.39, 0.29) is 12.1 Å². The van der Waals surface area contributed by atoms with E-state index in [0.717, 1.165) is 11.3 Å². The van der Waals surface area contributed by atoms with Gasteiger partial charge < -0.3 is 10.5 Å². The molecule has 0 spiro atoms. The normalized spacial score (nSPS) is 13.8. The van der Waals surface area contributed by atoms with Gasteiger partial charge in [-0.1, -0.05) is 24.3 Å². The molecule has 2 aromatic rings. The van der Waals surface area contributed by atoms with Gasteiger partial charge in [-0.2, -0.15) is 0 Å². The number of rotatable bonds is 5. The zero-order valence-corrected chi connectivity index (χ0v) is 13.0. The second kappa shape index (κ2) is 6.82. The fourth-order valence-electron chi connectivity index (χ4n) is 2.16. The van der Waals surface area contributed by atoms with Crippen molar-refractivity contribution < 1.29 is 4.74 Å². The highest BCUT2D eigenvalue weighted by Gasteiger charge is 2.19. The van der Waals surface area contributed by atoms with E-state index in [1.807, 2.05) is 31.2 Å². The summed E-state index contributed by atoms with van der Waals surface area (Å²) in [6.07, 6.45) is 1.94. The molecule has 0 aliphatic rings. The molecule has 2 N–H and O–H groups in total. The summed E-state index contributed by atoms with van der Waals surface area (Å²) in [5, 5.41) is 0. The van der Waals surface area contributed by atoms with Crippen molar-refractivity contribution in [2.24, 2.45) is 5.73 Å². The Morgan fingerprint density at radius 2 is 1.70 bits per heavy atom. The molecule has 0 heterocycles. The van der Waals surface area contributed by atoms with Crippen LogP contribution in [0.25, 0.3) is 0 Å². The molecular weight excluding hydrogens is 266 g/mol. The van der Waals surface area contributed by atoms with E-state index in [0.29, 0.717) is 0 Å². The van der Waals surface area contributed by atoms with Gasteiger partial charge in [-0.25, -0.2) is 0 Å². The molecule has 0 bridgehead atoms. The van der Waals surface area contributed by atoms with Crippen molar-refractivity contribution in [1.82, 2.24) is 0 Å². The van der Waals surface area contributed by atoms with Gasteiger partial charge in [-0.05, 0) is 55.5 Å². The average Bonchev–Trinajstić information content (AvgIpc) is 2.46. The highest BCUT2D eigenvalue weighted by molar-refractivity contribution is 7.98. The molecular formula is C17H21NOS. The van der Waals surface area contributed by atoms with Crippen LogP contribution in [-0.4, -0.2) is 12.3 Å². The Bertz CT molecular complexity index is 551. The Morgan fingerprint density at radius 3 is 2.25 bits per heavy atom. The lowest BCUT2D eigenvalue weighted by Gasteiger charge is -2.24. The van der Waals surface area contributed by atoms with Crippen molar-refractivity contribution in [1.29, 1.82) is 0 Å². The van der Waals surface area contributed by atoms with E-state index in [4.69, 9.17) is 10.5 Å². The molecule has 3 heteroatoms. The third-order valence-corrected chi connectivity index (χ3v) is 4.04. The zero-order valence-electron chi connectivity index (χ0n) is 12.2. The van der Waals surface area contributed by atoms with Gasteiger partial charge in [0.15, 0.2) is 0 Å². The minimum atomic E-state index is -0.128. The van der Waals surface area contributed by atoms with Crippen molar-refractivity contribution in [3.05, 3.63) is 59.7 Å². The van der Waals surface area contributed by atoms with Crippen LogP contribution >= 0.6 is 11.8 Å². The van der Waals surface area contributed by atoms with Crippen LogP contribution < -0.4 is 10.5 Å². The minimum Gasteiger partial charge on any atom is -0.484 e. The number of aryl methyl sites for hydroxylation is 1. The maximum atomic E-state index is 6.11. The fourth-order valence-corrected chi connectivity index (χ4v) is 2.57. The van der Waals surface area contributed by atoms with Crippen LogP contribution in [0.1, 0.15) is 24.2 Å². The van der Waals surface area contributed by atoms with Crippen LogP contribution in [0, 0.1) is 6.92 Å². The van der Waals surface area contributed by atoms with E-state index in [1.165, 1.54) is 10.5 Å². The molecule has 0 fully saturated rings. The molecule has 0 saturated heterocycles. The third kappa shape index (κ3) is 3.56. The smallest absolute Gasteiger partial charge is 0.139 e. The third-order valence-electron chi connectivity index (χ3n) is 3.30. The molecule has 2 aromatic carbocycles. The van der Waals surface area contributed by atoms with Gasteiger partial charge in [-0.15, -0.1) is 11.8 Å². The molecule has 0 aliphatic carbocycles. The second-order valence-corrected chi connectivity index (χ2v) is 5.81. The summed E-state index contributed by atoms with van der Waals surface area (Å²) in [6, 6.07) is 16.3. The second-order valence-electron chi connectivity index (χ2n) is 4.93. The summed E-state index contributed by atoms with van der Waals surface area (Å²) in [6.45, 7) is 4.07. The maximum Gasteiger partial charge on any atom is 0.139 e. The first-order chi connectivity index (χ1) is 9.61. The van der Waals surface area contributed by atoms with Crippen molar-refractivity contribution in [3.63, 3.8) is 0 Å². The molecule has 0 saturated carbocycles. The molecule has 0 aliphatic heterocycles. The lowest BCUT2D eigenvalue weighted by Crippen LogP contribution is -2.29. The summed E-state index contributed by atoms with van der Waals surface area (Å²) in [7, 11) is 0. The molecule has 0 radical (unpaired) electrons. The first-order valence-electron chi connectivity index (χ1n) is 6.73. The van der Waals surface area contributed by atoms with Crippen molar-refractivity contribution >= 4 is 11.8 Å². The number of thioether (sulfide) groups is 1. The van der Waals surface area contributed by atoms with Gasteiger partial charge in [0.2, 0.25) is 0 Å². The van der Waals surface area contributed by atoms with Crippen molar-refractivity contribution in [2.45, 2.75) is 30.9 Å². The van der Waals surface area contributed by atoms with Gasteiger partial charge in [0.05, 0.1) is 0 Å². The van der Waals surface area contributed by atoms with Gasteiger partial charge in [0, 0.05) is 10.9 Å². The molecule has 2 atom stereocenters. The van der Waals surface area contributed by atoms with Gasteiger partial charge in [0.25, 0.3) is 0 Å². The van der Waals surface area contributed by atoms with E-state index in [9.17, 15) is 0 Å². The first kappa shape index (κ1) is 14.9. The van der Waals surface area contributed by atoms with E-state index in [2.05, 4.69) is 37.4 Å². The molecule has 106 valence electrons. The fraction of sp³-hybridized carbons (Fsp3) is 0.294. The molecule has 2 unspecified atom stereocenters. The predicted octanol–water partition coefficient (Wildman–Crippen LogP) is 4.18. The van der Waals surface area contributed by atoms with E-state index < -0.39 is 0 Å². The number of hydrogen-bond acceptors (Lipinski definition) is 3. The van der Waals surface area contributed by atoms with Gasteiger partial charge >= 0.3 is 0 Å². The number of nitrogens with two attached hydrogens (primary N) is 1. The quantitative estimate of drug-likeness (QED) is 0.838. The van der Waals surface area contributed by atoms with Crippen LogP contribution in [0.5, 0.6) is 5.75 Å². The highest BCUT2D eigenvalue weighted by Crippen LogP contribution is 2.27. The first-order valence-corrected chi connectivity index (χ1v) is 7.96. The SMILES string of the molecule is CSc1ccc(OC(c2ccccc2C)C(C)N)cc1. The Hall–Kier alpha value is -1.45. The Morgan fingerprint density at radius 1 is 1.05 bits per heavy atom. The number of benzene rings is 2. The molecule has 2 rings (SSSR count). The lowest BCUT2D eigenvalue weighted by atomic mass is 9.99. The number of hydrogen-bond donors (Lipinski definition) is 1. The van der Waals surface area contributed by atoms with Crippen LogP contribution in [-0.2, 0) is 0 Å². The van der Waals surface area contributed by atoms with Crippen LogP contribution in [0.3, 0.4) is 0 Å². The molecule has 0 aromatic heterocycles. The lowest BCUT2D eigenvalue weighted by molar-refractivity contribution is 0.179. The Kier molecular flexibility index (Phi) is 5.10. The summed E-state index contributed by atoms with van der Waals surface area (Å²) in [4.78, 5) is 1.23. The zero-order chi connectivity index (χ0) is 14.5. The highest BCUT2D eigenvalue weighted by atomic mass is 32.2. The number of ether oxygens (including phenoxy) is 1. The summed E-state index contributed by atoms with van der Waals surface area (Å²) in [5.41, 5.74) is 8.47. The van der Waals surface area contributed by atoms with Gasteiger partial charge in [-0.3, -0.25) is 0 Å². The Balaban J connectivity index is 2.23. The maximum absolute atomic E-state index is 6.11. The molecule has 2 nitrogen and oxygen atoms in total. The minimum absolute atomic E-state index is 0.0728. The van der Waals surface area contributed by atoms with Crippen molar-refractivity contribution in [2.75, 3.05) is 6.26 Å². The van der Waals surface area contributed by atoms with Crippen LogP contribution in [0.4, 0.5) is 0 Å². The van der Waals surface area contributed by atoms with Crippen LogP contribution in [0.15, 0.2) is 53.4 Å². The standard InChI is InChI=1S/C17H21NOS/c1-12-6-4-5-7-16(12)17(13(2)18)19-14-8-10-15(20-3)11-9-14/h4-11,13,17H,18H2,1-3H3. The monoisotopic (exact) mass is 287 g/mol. The molecule has 0 amide bonds. The predicted molar refractivity (Wildman–Crippen MR) is 86.4 cm³/mol. The molecule has 20 heavy (non-hydrogen) atoms. The average molecular weight is 287 g/mol. The summed E-state index contributed by atoms with van der Waals surface area (Å²) < 4.78 is 6.11. The van der Waals surface area contributed by atoms with E-state index >= 15 is 0 Å². The van der Waals surface area contributed by atoms with Crippen LogP contribution in [0.2, 0.25) is 0 Å². The van der Waals surface area contributed by atoms with Crippen molar-refractivity contribution in [3.8, 4) is 5.75 Å². The topological polar surface area (TPSA) is 35.2 Å². The Labute approximate surface area is 125 Å². The van der Waals surface area contributed by atoms with Gasteiger partial charge in [0.1, 0.15) is 11.9 Å².